The molecule has 4 rings (SSSR count). The van der Waals surface area contributed by atoms with Gasteiger partial charge in [-0.25, -0.2) is 0 Å². The number of hydrogen-bond donors (Lipinski definition) is 2. The molecule has 1 aromatic heterocycles. The number of aromatic amines is 1. The van der Waals surface area contributed by atoms with Crippen LogP contribution < -0.4 is 10.2 Å². The lowest BCUT2D eigenvalue weighted by Crippen LogP contribution is -2.37. The normalized spacial score (nSPS) is 23.0. The third kappa shape index (κ3) is 6.19. The lowest BCUT2D eigenvalue weighted by molar-refractivity contribution is -0.119. The Morgan fingerprint density at radius 1 is 1.26 bits per heavy atom. The molecule has 192 valence electrons. The number of allylic oxidation sites excluding steroid dienone is 3. The van der Waals surface area contributed by atoms with Crippen LogP contribution in [0.15, 0.2) is 42.1 Å². The SMILES string of the molecule is C=C(C1=C(NC)CC(C)CC1)c1cc2ccc(N(C)C(=O)CN3C[C@H](C)[C@H](PC)C3)cc2[nH]1.CC. The fourth-order valence-corrected chi connectivity index (χ4v) is 6.48. The van der Waals surface area contributed by atoms with Gasteiger partial charge < -0.3 is 15.2 Å². The molecule has 1 aromatic carbocycles. The Bertz CT molecular complexity index is 1070. The minimum Gasteiger partial charge on any atom is -0.391 e. The van der Waals surface area contributed by atoms with Gasteiger partial charge in [-0.3, -0.25) is 9.69 Å². The standard InChI is InChI=1S/C27H39N4OP.C2H6/c1-17-7-10-22(25(11-17)28-4)19(3)23-12-20-8-9-21(13-24(20)29-23)30(5)27(32)16-31-14-18(2)26(15-31)33-6;1-2/h8-9,12-13,17-18,26,28-29,33H,3,7,10-11,14-16H2,1-2,4-6H3;1-2H3/t17?,18-,26+;/m0./s1. The largest absolute Gasteiger partial charge is 0.391 e. The van der Waals surface area contributed by atoms with E-state index in [9.17, 15) is 4.79 Å². The number of anilines is 1. The summed E-state index contributed by atoms with van der Waals surface area (Å²) in [5, 5.41) is 4.55. The number of carbonyl (C=O) groups excluding carboxylic acids is 1. The Morgan fingerprint density at radius 3 is 2.66 bits per heavy atom. The summed E-state index contributed by atoms with van der Waals surface area (Å²) in [5.74, 6) is 1.54. The van der Waals surface area contributed by atoms with Crippen LogP contribution in [0.3, 0.4) is 0 Å². The van der Waals surface area contributed by atoms with Gasteiger partial charge in [-0.2, -0.15) is 0 Å². The number of rotatable bonds is 7. The molecule has 1 aliphatic carbocycles. The number of amides is 1. The number of hydrogen-bond acceptors (Lipinski definition) is 3. The summed E-state index contributed by atoms with van der Waals surface area (Å²) >= 11 is 0. The van der Waals surface area contributed by atoms with Gasteiger partial charge in [0.25, 0.3) is 0 Å². The third-order valence-electron chi connectivity index (χ3n) is 7.58. The van der Waals surface area contributed by atoms with Gasteiger partial charge in [0.1, 0.15) is 0 Å². The molecule has 2 heterocycles. The van der Waals surface area contributed by atoms with Crippen molar-refractivity contribution < 1.29 is 4.79 Å². The van der Waals surface area contributed by atoms with Crippen molar-refractivity contribution >= 4 is 36.7 Å². The molecule has 2 N–H and O–H groups in total. The molecule has 1 fully saturated rings. The van der Waals surface area contributed by atoms with E-state index < -0.39 is 0 Å². The summed E-state index contributed by atoms with van der Waals surface area (Å²) < 4.78 is 0. The van der Waals surface area contributed by atoms with E-state index in [0.29, 0.717) is 18.4 Å². The molecule has 1 saturated heterocycles. The van der Waals surface area contributed by atoms with E-state index in [4.69, 9.17) is 0 Å². The van der Waals surface area contributed by atoms with Crippen LogP contribution in [0.1, 0.15) is 52.7 Å². The second-order valence-electron chi connectivity index (χ2n) is 10.0. The summed E-state index contributed by atoms with van der Waals surface area (Å²) in [4.78, 5) is 20.7. The van der Waals surface area contributed by atoms with Gasteiger partial charge in [-0.05, 0) is 72.8 Å². The summed E-state index contributed by atoms with van der Waals surface area (Å²) in [7, 11) is 4.84. The molecular formula is C29H45N4OP. The summed E-state index contributed by atoms with van der Waals surface area (Å²) in [6, 6.07) is 8.41. The number of nitrogens with zero attached hydrogens (tertiary/aromatic N) is 2. The Morgan fingerprint density at radius 2 is 2.00 bits per heavy atom. The quantitative estimate of drug-likeness (QED) is 0.456. The first-order chi connectivity index (χ1) is 16.8. The van der Waals surface area contributed by atoms with E-state index in [1.165, 1.54) is 17.7 Å². The number of aromatic nitrogens is 1. The monoisotopic (exact) mass is 496 g/mol. The third-order valence-corrected chi connectivity index (χ3v) is 9.07. The van der Waals surface area contributed by atoms with Crippen molar-refractivity contribution in [3.05, 3.63) is 47.8 Å². The van der Waals surface area contributed by atoms with Crippen LogP contribution >= 0.6 is 8.58 Å². The van der Waals surface area contributed by atoms with E-state index in [-0.39, 0.29) is 5.91 Å². The van der Waals surface area contributed by atoms with Crippen molar-refractivity contribution in [1.82, 2.24) is 15.2 Å². The maximum Gasteiger partial charge on any atom is 0.240 e. The smallest absolute Gasteiger partial charge is 0.240 e. The molecule has 2 unspecified atom stereocenters. The highest BCUT2D eigenvalue weighted by molar-refractivity contribution is 7.38. The van der Waals surface area contributed by atoms with Crippen LogP contribution in [0.5, 0.6) is 0 Å². The van der Waals surface area contributed by atoms with E-state index >= 15 is 0 Å². The number of fused-ring (bicyclic) bond motifs is 1. The Hall–Kier alpha value is -2.10. The van der Waals surface area contributed by atoms with Crippen molar-refractivity contribution in [1.29, 1.82) is 0 Å². The Balaban J connectivity index is 0.00000167. The number of nitrogens with one attached hydrogen (secondary N) is 2. The van der Waals surface area contributed by atoms with E-state index in [1.54, 1.807) is 4.90 Å². The van der Waals surface area contributed by atoms with E-state index in [2.05, 4.69) is 60.5 Å². The van der Waals surface area contributed by atoms with Crippen LogP contribution in [0.4, 0.5) is 5.69 Å². The summed E-state index contributed by atoms with van der Waals surface area (Å²) in [6.07, 6.45) is 3.34. The first kappa shape index (κ1) is 27.5. The predicted octanol–water partition coefficient (Wildman–Crippen LogP) is 6.09. The lowest BCUT2D eigenvalue weighted by Gasteiger charge is -2.25. The minimum absolute atomic E-state index is 0.151. The van der Waals surface area contributed by atoms with Crippen LogP contribution in [-0.2, 0) is 4.79 Å². The zero-order valence-corrected chi connectivity index (χ0v) is 23.8. The number of benzene rings is 1. The van der Waals surface area contributed by atoms with Gasteiger partial charge in [0.15, 0.2) is 0 Å². The van der Waals surface area contributed by atoms with Crippen LogP contribution in [0.2, 0.25) is 0 Å². The second-order valence-corrected chi connectivity index (χ2v) is 11.3. The van der Waals surface area contributed by atoms with E-state index in [0.717, 1.165) is 68.0 Å². The molecule has 0 spiro atoms. The first-order valence-corrected chi connectivity index (χ1v) is 14.8. The van der Waals surface area contributed by atoms with Gasteiger partial charge >= 0.3 is 0 Å². The molecule has 0 saturated carbocycles. The zero-order chi connectivity index (χ0) is 25.7. The maximum atomic E-state index is 13.0. The van der Waals surface area contributed by atoms with Crippen LogP contribution in [-0.4, -0.2) is 61.8 Å². The van der Waals surface area contributed by atoms with Gasteiger partial charge in [0, 0.05) is 55.2 Å². The average molecular weight is 497 g/mol. The maximum absolute atomic E-state index is 13.0. The van der Waals surface area contributed by atoms with Gasteiger partial charge in [0.05, 0.1) is 6.54 Å². The average Bonchev–Trinajstić information content (AvgIpc) is 3.46. The highest BCUT2D eigenvalue weighted by Crippen LogP contribution is 2.36. The molecule has 2 aromatic rings. The molecular weight excluding hydrogens is 451 g/mol. The molecule has 0 bridgehead atoms. The minimum atomic E-state index is 0.151. The van der Waals surface area contributed by atoms with Crippen LogP contribution in [0, 0.1) is 11.8 Å². The number of likely N-dealkylation sites (tertiary alicyclic amines) is 1. The van der Waals surface area contributed by atoms with E-state index in [1.807, 2.05) is 34.0 Å². The zero-order valence-electron chi connectivity index (χ0n) is 22.8. The highest BCUT2D eigenvalue weighted by atomic mass is 31.1. The number of carbonyl (C=O) groups is 1. The summed E-state index contributed by atoms with van der Waals surface area (Å²) in [5.41, 5.74) is 7.48. The molecule has 6 heteroatoms. The fraction of sp³-hybridized carbons (Fsp3) is 0.552. The number of likely N-dealkylation sites (N-methyl/N-ethyl adjacent to an activating group) is 1. The molecule has 1 amide bonds. The molecule has 1 aliphatic heterocycles. The van der Waals surface area contributed by atoms with Crippen molar-refractivity contribution in [2.24, 2.45) is 11.8 Å². The fourth-order valence-electron chi connectivity index (χ4n) is 5.36. The predicted molar refractivity (Wildman–Crippen MR) is 155 cm³/mol. The Kier molecular flexibility index (Phi) is 9.61. The van der Waals surface area contributed by atoms with Crippen molar-refractivity contribution in [2.45, 2.75) is 52.6 Å². The second kappa shape index (κ2) is 12.2. The van der Waals surface area contributed by atoms with Crippen molar-refractivity contribution in [3.63, 3.8) is 0 Å². The first-order valence-electron chi connectivity index (χ1n) is 13.2. The molecule has 0 radical (unpaired) electrons. The Labute approximate surface area is 214 Å². The molecule has 4 atom stereocenters. The van der Waals surface area contributed by atoms with Crippen molar-refractivity contribution in [2.75, 3.05) is 45.3 Å². The molecule has 35 heavy (non-hydrogen) atoms. The topological polar surface area (TPSA) is 51.4 Å². The summed E-state index contributed by atoms with van der Waals surface area (Å²) in [6.45, 7) is 17.9. The van der Waals surface area contributed by atoms with Gasteiger partial charge in [0.2, 0.25) is 5.91 Å². The van der Waals surface area contributed by atoms with Crippen molar-refractivity contribution in [3.8, 4) is 0 Å². The lowest BCUT2D eigenvalue weighted by atomic mass is 9.84. The highest BCUT2D eigenvalue weighted by Gasteiger charge is 2.30. The van der Waals surface area contributed by atoms with Gasteiger partial charge in [-0.1, -0.05) is 40.3 Å². The molecule has 2 aliphatic rings. The van der Waals surface area contributed by atoms with Crippen LogP contribution in [0.25, 0.3) is 16.5 Å². The molecule has 5 nitrogen and oxygen atoms in total. The van der Waals surface area contributed by atoms with Gasteiger partial charge in [-0.15, -0.1) is 8.58 Å². The number of H-pyrrole nitrogens is 1.